The average Bonchev–Trinajstić information content (AvgIpc) is 3.26. The highest BCUT2D eigenvalue weighted by atomic mass is 32.2. The third-order valence-corrected chi connectivity index (χ3v) is 6.83. The summed E-state index contributed by atoms with van der Waals surface area (Å²) in [6, 6.07) is 13.1. The highest BCUT2D eigenvalue weighted by Crippen LogP contribution is 2.21. The molecule has 0 saturated carbocycles. The van der Waals surface area contributed by atoms with Crippen LogP contribution in [0.4, 0.5) is 4.39 Å². The van der Waals surface area contributed by atoms with Gasteiger partial charge in [0.1, 0.15) is 12.1 Å². The van der Waals surface area contributed by atoms with Gasteiger partial charge in [-0.3, -0.25) is 14.3 Å². The first-order valence-electron chi connectivity index (χ1n) is 10.8. The van der Waals surface area contributed by atoms with E-state index in [4.69, 9.17) is 0 Å². The van der Waals surface area contributed by atoms with Crippen LogP contribution in [0.2, 0.25) is 0 Å². The van der Waals surface area contributed by atoms with Gasteiger partial charge in [0.05, 0.1) is 5.75 Å². The number of hydrogen-bond acceptors (Lipinski definition) is 5. The molecule has 1 aliphatic rings. The van der Waals surface area contributed by atoms with E-state index in [0.29, 0.717) is 10.9 Å². The molecule has 2 heterocycles. The predicted molar refractivity (Wildman–Crippen MR) is 124 cm³/mol. The fourth-order valence-electron chi connectivity index (χ4n) is 3.86. The fourth-order valence-corrected chi connectivity index (χ4v) is 4.60. The average molecular weight is 454 g/mol. The van der Waals surface area contributed by atoms with Crippen molar-refractivity contribution in [2.75, 3.05) is 18.8 Å². The lowest BCUT2D eigenvalue weighted by molar-refractivity contribution is -0.119. The minimum atomic E-state index is -0.208. The summed E-state index contributed by atoms with van der Waals surface area (Å²) in [6.07, 6.45) is 3.51. The van der Waals surface area contributed by atoms with Crippen LogP contribution in [0.3, 0.4) is 0 Å². The van der Waals surface area contributed by atoms with Crippen LogP contribution in [0.15, 0.2) is 53.9 Å². The van der Waals surface area contributed by atoms with E-state index >= 15 is 0 Å². The molecule has 32 heavy (non-hydrogen) atoms. The number of aromatic nitrogens is 3. The Morgan fingerprint density at radius 3 is 2.59 bits per heavy atom. The van der Waals surface area contributed by atoms with Crippen LogP contribution in [-0.2, 0) is 11.3 Å². The first-order valence-corrected chi connectivity index (χ1v) is 11.8. The number of hydrogen-bond donors (Lipinski definition) is 1. The van der Waals surface area contributed by atoms with E-state index in [9.17, 15) is 9.18 Å². The fraction of sp³-hybridized carbons (Fsp3) is 0.375. The molecule has 0 radical (unpaired) electrons. The number of likely N-dealkylation sites (tertiary alicyclic amines) is 1. The third-order valence-electron chi connectivity index (χ3n) is 5.89. The highest BCUT2D eigenvalue weighted by molar-refractivity contribution is 7.99. The maximum atomic E-state index is 13.1. The lowest BCUT2D eigenvalue weighted by Gasteiger charge is -2.32. The van der Waals surface area contributed by atoms with Crippen LogP contribution in [-0.4, -0.2) is 50.5 Å². The summed E-state index contributed by atoms with van der Waals surface area (Å²) in [5.41, 5.74) is 4.54. The van der Waals surface area contributed by atoms with E-state index in [1.165, 1.54) is 35.0 Å². The normalized spacial score (nSPS) is 15.1. The van der Waals surface area contributed by atoms with Crippen molar-refractivity contribution < 1.29 is 9.18 Å². The van der Waals surface area contributed by atoms with Crippen molar-refractivity contribution in [1.29, 1.82) is 0 Å². The van der Waals surface area contributed by atoms with Gasteiger partial charge in [-0.1, -0.05) is 30.0 Å². The first kappa shape index (κ1) is 22.5. The van der Waals surface area contributed by atoms with Gasteiger partial charge in [-0.05, 0) is 67.6 Å². The molecule has 6 nitrogen and oxygen atoms in total. The van der Waals surface area contributed by atoms with E-state index in [2.05, 4.69) is 46.4 Å². The molecule has 4 rings (SSSR count). The van der Waals surface area contributed by atoms with Crippen LogP contribution in [0.25, 0.3) is 5.69 Å². The SMILES string of the molecule is Cc1ccc(-n2cnnc2SCC(=O)NC2CCN(Cc3ccc(F)cc3)CC2)cc1C. The quantitative estimate of drug-likeness (QED) is 0.550. The topological polar surface area (TPSA) is 63.1 Å². The van der Waals surface area contributed by atoms with Gasteiger partial charge in [-0.2, -0.15) is 0 Å². The van der Waals surface area contributed by atoms with Crippen molar-refractivity contribution in [1.82, 2.24) is 25.0 Å². The molecule has 0 unspecified atom stereocenters. The molecule has 1 aromatic heterocycles. The van der Waals surface area contributed by atoms with Crippen molar-refractivity contribution in [2.45, 2.75) is 44.4 Å². The Bertz CT molecular complexity index is 1060. The first-order chi connectivity index (χ1) is 15.5. The molecule has 1 aliphatic heterocycles. The number of rotatable bonds is 7. The number of nitrogens with one attached hydrogen (secondary N) is 1. The van der Waals surface area contributed by atoms with Gasteiger partial charge >= 0.3 is 0 Å². The molecule has 8 heteroatoms. The summed E-state index contributed by atoms with van der Waals surface area (Å²) in [5, 5.41) is 12.1. The van der Waals surface area contributed by atoms with Crippen molar-refractivity contribution >= 4 is 17.7 Å². The zero-order valence-corrected chi connectivity index (χ0v) is 19.2. The van der Waals surface area contributed by atoms with Gasteiger partial charge in [-0.15, -0.1) is 10.2 Å². The second-order valence-corrected chi connectivity index (χ2v) is 9.23. The van der Waals surface area contributed by atoms with Crippen LogP contribution < -0.4 is 5.32 Å². The van der Waals surface area contributed by atoms with E-state index in [-0.39, 0.29) is 17.8 Å². The largest absolute Gasteiger partial charge is 0.353 e. The van der Waals surface area contributed by atoms with Gasteiger partial charge in [0, 0.05) is 31.4 Å². The molecule has 0 atom stereocenters. The second kappa shape index (κ2) is 10.3. The van der Waals surface area contributed by atoms with Gasteiger partial charge in [-0.25, -0.2) is 4.39 Å². The summed E-state index contributed by atoms with van der Waals surface area (Å²) in [6.45, 7) is 6.80. The van der Waals surface area contributed by atoms with Crippen molar-refractivity contribution in [3.8, 4) is 5.69 Å². The monoisotopic (exact) mass is 453 g/mol. The lowest BCUT2D eigenvalue weighted by atomic mass is 10.0. The minimum absolute atomic E-state index is 0.0154. The van der Waals surface area contributed by atoms with Crippen LogP contribution in [0.5, 0.6) is 0 Å². The molecule has 0 spiro atoms. The number of carbonyl (C=O) groups is 1. The molecular formula is C24H28FN5OS. The minimum Gasteiger partial charge on any atom is -0.353 e. The van der Waals surface area contributed by atoms with Crippen molar-refractivity contribution in [2.24, 2.45) is 0 Å². The van der Waals surface area contributed by atoms with Crippen LogP contribution in [0.1, 0.15) is 29.5 Å². The maximum Gasteiger partial charge on any atom is 0.230 e. The summed E-state index contributed by atoms with van der Waals surface area (Å²) in [7, 11) is 0. The number of thioether (sulfide) groups is 1. The number of halogens is 1. The summed E-state index contributed by atoms with van der Waals surface area (Å²) < 4.78 is 15.0. The zero-order chi connectivity index (χ0) is 22.5. The number of piperidine rings is 1. The number of nitrogens with zero attached hydrogens (tertiary/aromatic N) is 4. The second-order valence-electron chi connectivity index (χ2n) is 8.29. The van der Waals surface area contributed by atoms with Crippen molar-refractivity contribution in [3.63, 3.8) is 0 Å². The Hall–Kier alpha value is -2.71. The zero-order valence-electron chi connectivity index (χ0n) is 18.4. The predicted octanol–water partition coefficient (Wildman–Crippen LogP) is 3.90. The number of carbonyl (C=O) groups excluding carboxylic acids is 1. The van der Waals surface area contributed by atoms with Crippen molar-refractivity contribution in [3.05, 3.63) is 71.3 Å². The van der Waals surface area contributed by atoms with Crippen LogP contribution >= 0.6 is 11.8 Å². The van der Waals surface area contributed by atoms with Crippen LogP contribution in [0, 0.1) is 19.7 Å². The summed E-state index contributed by atoms with van der Waals surface area (Å²) in [4.78, 5) is 14.9. The van der Waals surface area contributed by atoms with E-state index in [1.807, 2.05) is 22.8 Å². The Balaban J connectivity index is 1.24. The van der Waals surface area contributed by atoms with Gasteiger partial charge in [0.25, 0.3) is 0 Å². The standard InChI is InChI=1S/C24H28FN5OS/c1-17-3-8-22(13-18(17)2)30-16-26-28-24(30)32-15-23(31)27-21-9-11-29(12-10-21)14-19-4-6-20(25)7-5-19/h3-8,13,16,21H,9-12,14-15H2,1-2H3,(H,27,31). The van der Waals surface area contributed by atoms with Gasteiger partial charge < -0.3 is 5.32 Å². The Kier molecular flexibility index (Phi) is 7.22. The molecule has 1 amide bonds. The molecule has 3 aromatic rings. The molecule has 1 N–H and O–H groups in total. The Morgan fingerprint density at radius 2 is 1.88 bits per heavy atom. The molecule has 0 aliphatic carbocycles. The molecule has 0 bridgehead atoms. The maximum absolute atomic E-state index is 13.1. The Labute approximate surface area is 192 Å². The number of benzene rings is 2. The molecular weight excluding hydrogens is 425 g/mol. The van der Waals surface area contributed by atoms with E-state index < -0.39 is 0 Å². The number of amides is 1. The lowest BCUT2D eigenvalue weighted by Crippen LogP contribution is -2.44. The smallest absolute Gasteiger partial charge is 0.230 e. The highest BCUT2D eigenvalue weighted by Gasteiger charge is 2.21. The van der Waals surface area contributed by atoms with E-state index in [1.54, 1.807) is 6.33 Å². The number of aryl methyl sites for hydroxylation is 2. The van der Waals surface area contributed by atoms with Gasteiger partial charge in [0.2, 0.25) is 5.91 Å². The van der Waals surface area contributed by atoms with E-state index in [0.717, 1.165) is 43.7 Å². The molecule has 1 fully saturated rings. The Morgan fingerprint density at radius 1 is 1.12 bits per heavy atom. The molecule has 2 aromatic carbocycles. The third kappa shape index (κ3) is 5.75. The molecule has 168 valence electrons. The van der Waals surface area contributed by atoms with Gasteiger partial charge in [0.15, 0.2) is 5.16 Å². The molecule has 1 saturated heterocycles. The summed E-state index contributed by atoms with van der Waals surface area (Å²) >= 11 is 1.40. The summed E-state index contributed by atoms with van der Waals surface area (Å²) in [5.74, 6) is 0.112.